The molecule has 2 aromatic rings. The van der Waals surface area contributed by atoms with Crippen LogP contribution < -0.4 is 5.32 Å². The summed E-state index contributed by atoms with van der Waals surface area (Å²) < 4.78 is 1.96. The van der Waals surface area contributed by atoms with Crippen molar-refractivity contribution in [2.75, 3.05) is 19.6 Å². The number of aromatic nitrogens is 3. The molecular formula is C21H31N5O. The van der Waals surface area contributed by atoms with Crippen molar-refractivity contribution in [3.05, 3.63) is 47.3 Å². The number of unbranched alkanes of at least 4 members (excludes halogenated alkanes) is 1. The minimum atomic E-state index is -0.0162. The zero-order chi connectivity index (χ0) is 19.2. The molecule has 1 aromatic heterocycles. The van der Waals surface area contributed by atoms with Gasteiger partial charge in [0.15, 0.2) is 5.69 Å². The molecule has 1 aliphatic heterocycles. The van der Waals surface area contributed by atoms with Crippen molar-refractivity contribution < 1.29 is 4.79 Å². The van der Waals surface area contributed by atoms with E-state index in [9.17, 15) is 4.79 Å². The third-order valence-corrected chi connectivity index (χ3v) is 5.55. The van der Waals surface area contributed by atoms with Crippen molar-refractivity contribution in [1.29, 1.82) is 0 Å². The molecule has 1 fully saturated rings. The van der Waals surface area contributed by atoms with E-state index in [0.717, 1.165) is 56.6 Å². The summed E-state index contributed by atoms with van der Waals surface area (Å²) in [5.41, 5.74) is 2.52. The quantitative estimate of drug-likeness (QED) is 0.811. The van der Waals surface area contributed by atoms with E-state index in [1.54, 1.807) is 0 Å². The van der Waals surface area contributed by atoms with E-state index in [1.165, 1.54) is 0 Å². The van der Waals surface area contributed by atoms with Crippen LogP contribution >= 0.6 is 0 Å². The maximum atomic E-state index is 13.4. The average Bonchev–Trinajstić information content (AvgIpc) is 3.10. The molecule has 0 bridgehead atoms. The number of piperidine rings is 1. The molecule has 1 amide bonds. The van der Waals surface area contributed by atoms with Gasteiger partial charge in [0, 0.05) is 6.54 Å². The topological polar surface area (TPSA) is 63.1 Å². The number of nitrogens with zero attached hydrogens (tertiary/aromatic N) is 4. The molecule has 2 heterocycles. The first-order chi connectivity index (χ1) is 13.1. The van der Waals surface area contributed by atoms with E-state index in [0.29, 0.717) is 11.7 Å². The Labute approximate surface area is 161 Å². The molecular weight excluding hydrogens is 338 g/mol. The Morgan fingerprint density at radius 2 is 2.00 bits per heavy atom. The number of rotatable bonds is 7. The Hall–Kier alpha value is -2.21. The Balaban J connectivity index is 1.84. The molecule has 1 aliphatic rings. The van der Waals surface area contributed by atoms with Crippen molar-refractivity contribution >= 4 is 5.91 Å². The summed E-state index contributed by atoms with van der Waals surface area (Å²) in [7, 11) is 0. The maximum Gasteiger partial charge on any atom is 0.276 e. The predicted molar refractivity (Wildman–Crippen MR) is 107 cm³/mol. The number of amides is 1. The van der Waals surface area contributed by atoms with Crippen LogP contribution in [0.2, 0.25) is 0 Å². The summed E-state index contributed by atoms with van der Waals surface area (Å²) in [6, 6.07) is 10.5. The second-order valence-corrected chi connectivity index (χ2v) is 7.39. The first-order valence-electron chi connectivity index (χ1n) is 10.1. The standard InChI is InChI=1S/C21H31N5O/c1-4-5-15-25(16(2)18-9-7-6-8-10-18)21(27)20-17(3)26(24-23-20)19-11-13-22-14-12-19/h6-10,16,19,22H,4-5,11-15H2,1-3H3. The Morgan fingerprint density at radius 3 is 2.67 bits per heavy atom. The first-order valence-corrected chi connectivity index (χ1v) is 10.1. The minimum Gasteiger partial charge on any atom is -0.330 e. The fourth-order valence-corrected chi connectivity index (χ4v) is 3.78. The molecule has 0 radical (unpaired) electrons. The lowest BCUT2D eigenvalue weighted by molar-refractivity contribution is 0.0680. The van der Waals surface area contributed by atoms with Crippen molar-refractivity contribution in [3.8, 4) is 0 Å². The van der Waals surface area contributed by atoms with Gasteiger partial charge in [-0.25, -0.2) is 4.68 Å². The monoisotopic (exact) mass is 369 g/mol. The highest BCUT2D eigenvalue weighted by Gasteiger charge is 2.28. The SMILES string of the molecule is CCCCN(C(=O)c1nnn(C2CCNCC2)c1C)C(C)c1ccccc1. The molecule has 1 unspecified atom stereocenters. The van der Waals surface area contributed by atoms with Gasteiger partial charge in [-0.05, 0) is 51.8 Å². The summed E-state index contributed by atoms with van der Waals surface area (Å²) in [6.07, 6.45) is 4.08. The van der Waals surface area contributed by atoms with E-state index in [4.69, 9.17) is 0 Å². The van der Waals surface area contributed by atoms with Crippen LogP contribution in [0.15, 0.2) is 30.3 Å². The highest BCUT2D eigenvalue weighted by molar-refractivity contribution is 5.93. The van der Waals surface area contributed by atoms with Crippen molar-refractivity contribution in [3.63, 3.8) is 0 Å². The number of carbonyl (C=O) groups excluding carboxylic acids is 1. The van der Waals surface area contributed by atoms with Gasteiger partial charge in [-0.1, -0.05) is 48.9 Å². The smallest absolute Gasteiger partial charge is 0.276 e. The third kappa shape index (κ3) is 4.38. The first kappa shape index (κ1) is 19.5. The Morgan fingerprint density at radius 1 is 1.30 bits per heavy atom. The van der Waals surface area contributed by atoms with E-state index < -0.39 is 0 Å². The number of hydrogen-bond donors (Lipinski definition) is 1. The fraction of sp³-hybridized carbons (Fsp3) is 0.571. The van der Waals surface area contributed by atoms with E-state index in [1.807, 2.05) is 34.7 Å². The number of nitrogens with one attached hydrogen (secondary N) is 1. The van der Waals surface area contributed by atoms with Gasteiger partial charge in [-0.2, -0.15) is 0 Å². The lowest BCUT2D eigenvalue weighted by Gasteiger charge is -2.29. The van der Waals surface area contributed by atoms with Gasteiger partial charge in [0.2, 0.25) is 0 Å². The Kier molecular flexibility index (Phi) is 6.61. The number of hydrogen-bond acceptors (Lipinski definition) is 4. The van der Waals surface area contributed by atoms with E-state index in [2.05, 4.69) is 41.6 Å². The summed E-state index contributed by atoms with van der Waals surface area (Å²) in [6.45, 7) is 8.91. The lowest BCUT2D eigenvalue weighted by Crippen LogP contribution is -2.35. The normalized spacial score (nSPS) is 16.3. The van der Waals surface area contributed by atoms with Crippen LogP contribution in [0.5, 0.6) is 0 Å². The van der Waals surface area contributed by atoms with Gasteiger partial charge in [0.05, 0.1) is 17.8 Å². The van der Waals surface area contributed by atoms with Crippen LogP contribution in [-0.2, 0) is 0 Å². The molecule has 6 nitrogen and oxygen atoms in total. The van der Waals surface area contributed by atoms with E-state index in [-0.39, 0.29) is 11.9 Å². The lowest BCUT2D eigenvalue weighted by atomic mass is 10.1. The van der Waals surface area contributed by atoms with Crippen molar-refractivity contribution in [2.24, 2.45) is 0 Å². The van der Waals surface area contributed by atoms with Crippen molar-refractivity contribution in [1.82, 2.24) is 25.2 Å². The molecule has 1 atom stereocenters. The predicted octanol–water partition coefficient (Wildman–Crippen LogP) is 3.51. The second-order valence-electron chi connectivity index (χ2n) is 7.39. The van der Waals surface area contributed by atoms with Crippen LogP contribution in [-0.4, -0.2) is 45.4 Å². The highest BCUT2D eigenvalue weighted by atomic mass is 16.2. The van der Waals surface area contributed by atoms with Crippen LogP contribution in [0.1, 0.15) is 73.4 Å². The van der Waals surface area contributed by atoms with Gasteiger partial charge in [0.1, 0.15) is 0 Å². The summed E-state index contributed by atoms with van der Waals surface area (Å²) in [5.74, 6) is -0.0162. The molecule has 0 saturated carbocycles. The van der Waals surface area contributed by atoms with Gasteiger partial charge < -0.3 is 10.2 Å². The minimum absolute atomic E-state index is 0.00804. The summed E-state index contributed by atoms with van der Waals surface area (Å²) in [5, 5.41) is 12.0. The van der Waals surface area contributed by atoms with Gasteiger partial charge in [-0.15, -0.1) is 5.10 Å². The number of benzene rings is 1. The number of carbonyl (C=O) groups is 1. The van der Waals surface area contributed by atoms with Gasteiger partial charge in [-0.3, -0.25) is 4.79 Å². The molecule has 146 valence electrons. The molecule has 1 N–H and O–H groups in total. The molecule has 6 heteroatoms. The molecule has 0 aliphatic carbocycles. The van der Waals surface area contributed by atoms with Gasteiger partial charge in [0.25, 0.3) is 5.91 Å². The molecule has 3 rings (SSSR count). The fourth-order valence-electron chi connectivity index (χ4n) is 3.78. The molecule has 1 saturated heterocycles. The van der Waals surface area contributed by atoms with Crippen LogP contribution in [0.3, 0.4) is 0 Å². The van der Waals surface area contributed by atoms with Crippen LogP contribution in [0.25, 0.3) is 0 Å². The van der Waals surface area contributed by atoms with Crippen LogP contribution in [0, 0.1) is 6.92 Å². The van der Waals surface area contributed by atoms with Crippen LogP contribution in [0.4, 0.5) is 0 Å². The summed E-state index contributed by atoms with van der Waals surface area (Å²) >= 11 is 0. The zero-order valence-electron chi connectivity index (χ0n) is 16.7. The maximum absolute atomic E-state index is 13.4. The average molecular weight is 370 g/mol. The Bertz CT molecular complexity index is 736. The largest absolute Gasteiger partial charge is 0.330 e. The zero-order valence-corrected chi connectivity index (χ0v) is 16.7. The highest BCUT2D eigenvalue weighted by Crippen LogP contribution is 2.25. The van der Waals surface area contributed by atoms with E-state index >= 15 is 0 Å². The third-order valence-electron chi connectivity index (χ3n) is 5.55. The summed E-state index contributed by atoms with van der Waals surface area (Å²) in [4.78, 5) is 15.3. The molecule has 27 heavy (non-hydrogen) atoms. The molecule has 1 aromatic carbocycles. The van der Waals surface area contributed by atoms with Gasteiger partial charge >= 0.3 is 0 Å². The molecule has 0 spiro atoms. The van der Waals surface area contributed by atoms with Crippen molar-refractivity contribution in [2.45, 2.75) is 58.5 Å². The second kappa shape index (κ2) is 9.13.